The van der Waals surface area contributed by atoms with Crippen molar-refractivity contribution in [3.63, 3.8) is 0 Å². The van der Waals surface area contributed by atoms with Gasteiger partial charge in [0.1, 0.15) is 35.3 Å². The van der Waals surface area contributed by atoms with E-state index < -0.39 is 41.5 Å². The number of thiophene rings is 1. The molecule has 0 aliphatic carbocycles. The second-order valence-electron chi connectivity index (χ2n) is 21.3. The van der Waals surface area contributed by atoms with Crippen LogP contribution in [0.15, 0.2) is 82.3 Å². The molecule has 2 aromatic heterocycles. The fraction of sp³-hybridized carbons (Fsp3) is 0.458. The highest BCUT2D eigenvalue weighted by molar-refractivity contribution is 7.15. The maximum atomic E-state index is 14.0. The molecule has 0 saturated carbocycles. The Hall–Kier alpha value is -6.66. The number of aliphatic hydroxyl groups is 1. The number of likely N-dealkylation sites (tertiary alicyclic amines) is 1. The number of hydrogen-bond acceptors (Lipinski definition) is 13. The zero-order chi connectivity index (χ0) is 54.3. The van der Waals surface area contributed by atoms with Crippen LogP contribution in [0.2, 0.25) is 0 Å². The lowest BCUT2D eigenvalue weighted by Crippen LogP contribution is -2.57. The number of aliphatic hydroxyl groups excluding tert-OH is 1. The number of nitrogens with one attached hydrogen (secondary N) is 2. The lowest BCUT2D eigenvalue weighted by Gasteiger charge is -2.35. The van der Waals surface area contributed by atoms with Crippen molar-refractivity contribution in [2.75, 3.05) is 44.9 Å². The molecule has 3 aliphatic rings. The van der Waals surface area contributed by atoms with Crippen molar-refractivity contribution >= 4 is 58.2 Å². The van der Waals surface area contributed by atoms with E-state index in [1.54, 1.807) is 11.3 Å². The molecule has 76 heavy (non-hydrogen) atoms. The van der Waals surface area contributed by atoms with Crippen LogP contribution in [0.3, 0.4) is 0 Å². The summed E-state index contributed by atoms with van der Waals surface area (Å²) in [5.74, 6) is 0.901. The highest BCUT2D eigenvalue weighted by Gasteiger charge is 2.44. The van der Waals surface area contributed by atoms with E-state index >= 15 is 0 Å². The Balaban J connectivity index is 0.733. The Bertz CT molecular complexity index is 3020. The van der Waals surface area contributed by atoms with Crippen molar-refractivity contribution in [3.8, 4) is 10.8 Å². The van der Waals surface area contributed by atoms with E-state index in [0.29, 0.717) is 56.3 Å². The highest BCUT2D eigenvalue weighted by Crippen LogP contribution is 2.40. The number of carbonyl (C=O) groups excluding carboxylic acids is 4. The van der Waals surface area contributed by atoms with Gasteiger partial charge >= 0.3 is 0 Å². The molecule has 3 aliphatic heterocycles. The summed E-state index contributed by atoms with van der Waals surface area (Å²) >= 11 is 1.69. The second-order valence-corrected chi connectivity index (χ2v) is 22.5. The molecule has 0 spiro atoms. The molecular weight excluding hydrogens is 981 g/mol. The van der Waals surface area contributed by atoms with Crippen LogP contribution in [0.5, 0.6) is 5.75 Å². The maximum Gasteiger partial charge on any atom is 0.246 e. The number of β-amino-alcohol motifs (C(OH)–C–C–N with tert-alkyl or cyclic N) is 1. The van der Waals surface area contributed by atoms with Crippen LogP contribution >= 0.6 is 11.3 Å². The van der Waals surface area contributed by atoms with E-state index in [9.17, 15) is 24.3 Å². The van der Waals surface area contributed by atoms with Crippen molar-refractivity contribution in [3.05, 3.63) is 128 Å². The number of carbonyl (C=O) groups is 4. The number of Topliss-reactive ketones (excluding diaryl/α,β-unsaturated/α-hetero) is 1. The monoisotopic (exact) mass is 1050 g/mol. The van der Waals surface area contributed by atoms with Crippen molar-refractivity contribution in [2.24, 2.45) is 15.4 Å². The fourth-order valence-electron chi connectivity index (χ4n) is 9.81. The van der Waals surface area contributed by atoms with Gasteiger partial charge in [-0.1, -0.05) is 74.9 Å². The summed E-state index contributed by atoms with van der Waals surface area (Å²) in [5, 5.41) is 26.5. The number of aliphatic imine (C=N–C) groups is 2. The third-order valence-corrected chi connectivity index (χ3v) is 15.4. The van der Waals surface area contributed by atoms with Gasteiger partial charge in [0, 0.05) is 85.5 Å². The number of fused-ring (bicyclic) bond motifs is 3. The SMILES string of the molecule is CC1=C(c2ccc(CCC(=O)[C@@H]3CC(O)CN3C(=O)[C@@H](NC(=O)COCCCOCCCOc3ccc(NC(=O)CC4N=C(c5ccc(C)cc5)c5c(sc(C)c5C)-n5c(C)nnc54)c(C)c3)C(C)(C)C)cc2)N=CC1. The first-order chi connectivity index (χ1) is 36.4. The Kier molecular flexibility index (Phi) is 18.0. The van der Waals surface area contributed by atoms with Crippen LogP contribution in [0.1, 0.15) is 128 Å². The third-order valence-electron chi connectivity index (χ3n) is 14.2. The van der Waals surface area contributed by atoms with Gasteiger partial charge in [0.15, 0.2) is 11.6 Å². The third kappa shape index (κ3) is 13.3. The van der Waals surface area contributed by atoms with Crippen LogP contribution in [-0.4, -0.2) is 118 Å². The minimum Gasteiger partial charge on any atom is -0.493 e. The summed E-state index contributed by atoms with van der Waals surface area (Å²) < 4.78 is 19.5. The van der Waals surface area contributed by atoms with E-state index in [1.165, 1.54) is 15.4 Å². The van der Waals surface area contributed by atoms with Crippen molar-refractivity contribution in [2.45, 2.75) is 131 Å². The molecule has 3 aromatic carbocycles. The Labute approximate surface area is 450 Å². The van der Waals surface area contributed by atoms with Gasteiger partial charge in [-0.2, -0.15) is 0 Å². The molecule has 402 valence electrons. The molecule has 0 bridgehead atoms. The molecule has 0 radical (unpaired) electrons. The normalized spacial score (nSPS) is 17.5. The van der Waals surface area contributed by atoms with Crippen LogP contribution in [0.25, 0.3) is 10.7 Å². The molecule has 3 amide bonds. The Morgan fingerprint density at radius 1 is 0.855 bits per heavy atom. The molecule has 1 saturated heterocycles. The van der Waals surface area contributed by atoms with Gasteiger partial charge in [-0.25, -0.2) is 0 Å². The van der Waals surface area contributed by atoms with Gasteiger partial charge in [-0.05, 0) is 100 Å². The molecule has 17 heteroatoms. The first kappa shape index (κ1) is 55.6. The summed E-state index contributed by atoms with van der Waals surface area (Å²) in [6, 6.07) is 19.7. The number of aromatic nitrogens is 3. The number of aryl methyl sites for hydroxylation is 5. The molecule has 4 atom stereocenters. The standard InChI is InChI=1S/C59H72N8O8S/c1-35-12-17-43(18-13-35)54-52-38(4)39(5)76-58(52)67-40(6)64-65-56(67)47(62-54)32-50(70)61-46-22-21-45(30-37(46)3)75-29-11-27-73-26-10-28-74-34-51(71)63-55(59(7,8)9)57(72)66-33-44(68)31-48(66)49(69)23-16-41-14-19-42(20-15-41)53-36(2)24-25-60-53/h12-15,17-22,25,30,44,47-48,55,68H,10-11,16,23-24,26-29,31-34H2,1-9H3,(H,61,70)(H,63,71)/t44?,47?,48-,55+/m0/s1. The lowest BCUT2D eigenvalue weighted by molar-refractivity contribution is -0.144. The molecule has 16 nitrogen and oxygen atoms in total. The first-order valence-corrected chi connectivity index (χ1v) is 27.2. The number of anilines is 1. The van der Waals surface area contributed by atoms with Crippen LogP contribution < -0.4 is 15.4 Å². The van der Waals surface area contributed by atoms with Crippen molar-refractivity contribution < 1.29 is 38.5 Å². The Morgan fingerprint density at radius 2 is 1.57 bits per heavy atom. The average Bonchev–Trinajstić information content (AvgIpc) is 4.18. The smallest absolute Gasteiger partial charge is 0.246 e. The van der Waals surface area contributed by atoms with Crippen molar-refractivity contribution in [1.29, 1.82) is 0 Å². The van der Waals surface area contributed by atoms with Gasteiger partial charge in [0.05, 0.1) is 36.6 Å². The van der Waals surface area contributed by atoms with Crippen LogP contribution in [-0.2, 0) is 35.1 Å². The fourth-order valence-corrected chi connectivity index (χ4v) is 11.0. The van der Waals surface area contributed by atoms with E-state index in [-0.39, 0.29) is 50.7 Å². The molecule has 2 unspecified atom stereocenters. The first-order valence-electron chi connectivity index (χ1n) is 26.3. The summed E-state index contributed by atoms with van der Waals surface area (Å²) in [6.07, 6.45) is 4.09. The summed E-state index contributed by atoms with van der Waals surface area (Å²) in [5.41, 5.74) is 10.3. The summed E-state index contributed by atoms with van der Waals surface area (Å²) in [7, 11) is 0. The highest BCUT2D eigenvalue weighted by atomic mass is 32.1. The van der Waals surface area contributed by atoms with Gasteiger partial charge in [-0.3, -0.25) is 33.7 Å². The number of nitrogens with zero attached hydrogens (tertiary/aromatic N) is 6. The van der Waals surface area contributed by atoms with Crippen LogP contribution in [0.4, 0.5) is 5.69 Å². The van der Waals surface area contributed by atoms with Gasteiger partial charge < -0.3 is 34.9 Å². The maximum absolute atomic E-state index is 14.0. The van der Waals surface area contributed by atoms with E-state index in [1.807, 2.05) is 83.3 Å². The minimum absolute atomic E-state index is 0.0250. The predicted octanol–water partition coefficient (Wildman–Crippen LogP) is 8.88. The summed E-state index contributed by atoms with van der Waals surface area (Å²) in [6.45, 7) is 19.2. The topological polar surface area (TPSA) is 199 Å². The lowest BCUT2D eigenvalue weighted by atomic mass is 9.85. The average molecular weight is 1050 g/mol. The zero-order valence-electron chi connectivity index (χ0n) is 45.3. The number of rotatable bonds is 22. The van der Waals surface area contributed by atoms with Gasteiger partial charge in [0.25, 0.3) is 0 Å². The number of benzene rings is 3. The van der Waals surface area contributed by atoms with E-state index in [4.69, 9.17) is 19.2 Å². The van der Waals surface area contributed by atoms with E-state index in [2.05, 4.69) is 82.4 Å². The van der Waals surface area contributed by atoms with Gasteiger partial charge in [-0.15, -0.1) is 21.5 Å². The van der Waals surface area contributed by atoms with Gasteiger partial charge in [0.2, 0.25) is 17.7 Å². The Morgan fingerprint density at radius 3 is 2.26 bits per heavy atom. The molecule has 5 aromatic rings. The number of allylic oxidation sites excluding steroid dienone is 1. The largest absolute Gasteiger partial charge is 0.493 e. The second kappa shape index (κ2) is 24.6. The zero-order valence-corrected chi connectivity index (χ0v) is 46.1. The number of ketones is 1. The number of amides is 3. The molecule has 1 fully saturated rings. The van der Waals surface area contributed by atoms with Crippen molar-refractivity contribution in [1.82, 2.24) is 25.0 Å². The molecule has 5 heterocycles. The number of ether oxygens (including phenoxy) is 3. The quantitative estimate of drug-likeness (QED) is 0.0563. The predicted molar refractivity (Wildman–Crippen MR) is 297 cm³/mol. The summed E-state index contributed by atoms with van der Waals surface area (Å²) in [4.78, 5) is 66.9. The molecule has 8 rings (SSSR count). The number of hydrogen-bond donors (Lipinski definition) is 3. The van der Waals surface area contributed by atoms with Crippen LogP contribution in [0, 0.1) is 40.0 Å². The van der Waals surface area contributed by atoms with E-state index in [0.717, 1.165) is 67.6 Å². The minimum atomic E-state index is -0.933. The molecular formula is C59H72N8O8S. The molecule has 3 N–H and O–H groups in total.